The minimum absolute atomic E-state index is 0.0371. The zero-order chi connectivity index (χ0) is 23.8. The normalized spacial score (nSPS) is 16.8. The van der Waals surface area contributed by atoms with Gasteiger partial charge < -0.3 is 23.2 Å². The third-order valence-corrected chi connectivity index (χ3v) is 6.22. The van der Waals surface area contributed by atoms with E-state index in [4.69, 9.17) is 23.2 Å². The second-order valence-corrected chi connectivity index (χ2v) is 9.11. The average Bonchev–Trinajstić information content (AvgIpc) is 3.28. The first kappa shape index (κ1) is 23.3. The third kappa shape index (κ3) is 4.63. The molecule has 0 amide bonds. The van der Waals surface area contributed by atoms with Crippen molar-refractivity contribution in [1.29, 1.82) is 0 Å². The second-order valence-electron chi connectivity index (χ2n) is 9.11. The van der Waals surface area contributed by atoms with Crippen LogP contribution in [0.5, 0.6) is 5.75 Å². The first-order valence-electron chi connectivity index (χ1n) is 11.0. The molecule has 0 bridgehead atoms. The minimum atomic E-state index is -0.614. The Bertz CT molecular complexity index is 1150. The Hall–Kier alpha value is -2.84. The van der Waals surface area contributed by atoms with Crippen LogP contribution in [0.1, 0.15) is 45.7 Å². The van der Waals surface area contributed by atoms with Crippen molar-refractivity contribution in [3.05, 3.63) is 59.6 Å². The lowest BCUT2D eigenvalue weighted by molar-refractivity contribution is -0.142. The molecule has 0 N–H and O–H groups in total. The van der Waals surface area contributed by atoms with Crippen LogP contribution in [-0.2, 0) is 31.9 Å². The Labute approximate surface area is 193 Å². The van der Waals surface area contributed by atoms with Gasteiger partial charge in [0.1, 0.15) is 12.2 Å². The fourth-order valence-corrected chi connectivity index (χ4v) is 3.78. The summed E-state index contributed by atoms with van der Waals surface area (Å²) in [5.74, 6) is -0.932. The quantitative estimate of drug-likeness (QED) is 0.385. The van der Waals surface area contributed by atoms with Gasteiger partial charge in [-0.05, 0) is 58.4 Å². The van der Waals surface area contributed by atoms with Gasteiger partial charge >= 0.3 is 13.1 Å². The molecule has 1 aromatic heterocycles. The SMILES string of the molecule is CCOC(=O)Cc1cccc(F)c1OCc1cc(B2OC(C)(C)C(C)(C)O2)c2occc2c1. The molecular weight excluding hydrogens is 426 g/mol. The molecule has 1 aliphatic heterocycles. The van der Waals surface area contributed by atoms with Crippen LogP contribution in [0.25, 0.3) is 11.0 Å². The number of ether oxygens (including phenoxy) is 2. The van der Waals surface area contributed by atoms with E-state index in [1.807, 2.05) is 45.9 Å². The molecule has 0 aliphatic carbocycles. The first-order chi connectivity index (χ1) is 15.6. The summed E-state index contributed by atoms with van der Waals surface area (Å²) in [5, 5.41) is 0.862. The van der Waals surface area contributed by atoms with E-state index in [-0.39, 0.29) is 25.4 Å². The first-order valence-corrected chi connectivity index (χ1v) is 11.0. The van der Waals surface area contributed by atoms with E-state index in [9.17, 15) is 9.18 Å². The molecule has 2 aromatic carbocycles. The smallest absolute Gasteiger partial charge is 0.486 e. The van der Waals surface area contributed by atoms with E-state index in [1.54, 1.807) is 25.3 Å². The molecule has 6 nitrogen and oxygen atoms in total. The van der Waals surface area contributed by atoms with Crippen LogP contribution >= 0.6 is 0 Å². The molecule has 1 fully saturated rings. The van der Waals surface area contributed by atoms with Crippen molar-refractivity contribution < 1.29 is 32.4 Å². The molecule has 1 aliphatic rings. The highest BCUT2D eigenvalue weighted by molar-refractivity contribution is 6.64. The molecule has 0 unspecified atom stereocenters. The Morgan fingerprint density at radius 1 is 1.09 bits per heavy atom. The van der Waals surface area contributed by atoms with Crippen molar-refractivity contribution in [2.45, 2.75) is 58.8 Å². The van der Waals surface area contributed by atoms with E-state index in [0.29, 0.717) is 11.1 Å². The Balaban J connectivity index is 1.61. The number of carbonyl (C=O) groups is 1. The largest absolute Gasteiger partial charge is 0.498 e. The van der Waals surface area contributed by atoms with Gasteiger partial charge in [0, 0.05) is 16.4 Å². The number of furan rings is 1. The van der Waals surface area contributed by atoms with Crippen molar-refractivity contribution in [1.82, 2.24) is 0 Å². The van der Waals surface area contributed by atoms with E-state index in [0.717, 1.165) is 16.4 Å². The zero-order valence-electron chi connectivity index (χ0n) is 19.6. The van der Waals surface area contributed by atoms with Crippen LogP contribution in [-0.4, -0.2) is 30.9 Å². The monoisotopic (exact) mass is 454 g/mol. The van der Waals surface area contributed by atoms with Gasteiger partial charge in [-0.3, -0.25) is 4.79 Å². The van der Waals surface area contributed by atoms with Gasteiger partial charge in [-0.1, -0.05) is 18.2 Å². The van der Waals surface area contributed by atoms with Crippen LogP contribution in [0.2, 0.25) is 0 Å². The Morgan fingerprint density at radius 2 is 1.82 bits per heavy atom. The molecule has 8 heteroatoms. The highest BCUT2D eigenvalue weighted by atomic mass is 19.1. The molecule has 0 radical (unpaired) electrons. The minimum Gasteiger partial charge on any atom is -0.486 e. The number of fused-ring (bicyclic) bond motifs is 1. The number of hydrogen-bond acceptors (Lipinski definition) is 6. The molecule has 0 saturated carbocycles. The standard InChI is InChI=1S/C25H28BFO6/c1-6-29-21(28)14-17-8-7-9-20(27)23(17)31-15-16-12-18-10-11-30-22(18)19(13-16)26-32-24(2,3)25(4,5)33-26/h7-13H,6,14-15H2,1-5H3. The lowest BCUT2D eigenvalue weighted by Crippen LogP contribution is -2.41. The molecule has 0 atom stereocenters. The summed E-state index contributed by atoms with van der Waals surface area (Å²) in [6.07, 6.45) is 1.54. The summed E-state index contributed by atoms with van der Waals surface area (Å²) >= 11 is 0. The van der Waals surface area contributed by atoms with Crippen molar-refractivity contribution in [2.24, 2.45) is 0 Å². The molecule has 2 heterocycles. The van der Waals surface area contributed by atoms with Crippen LogP contribution in [0, 0.1) is 5.82 Å². The van der Waals surface area contributed by atoms with Crippen LogP contribution in [0.4, 0.5) is 4.39 Å². The van der Waals surface area contributed by atoms with Gasteiger partial charge in [0.2, 0.25) is 0 Å². The number of carbonyl (C=O) groups excluding carboxylic acids is 1. The maximum Gasteiger partial charge on any atom is 0.498 e. The molecule has 174 valence electrons. The highest BCUT2D eigenvalue weighted by Crippen LogP contribution is 2.37. The maximum atomic E-state index is 14.6. The van der Waals surface area contributed by atoms with Gasteiger partial charge in [0.25, 0.3) is 0 Å². The summed E-state index contributed by atoms with van der Waals surface area (Å²) in [5.41, 5.74) is 1.64. The summed E-state index contributed by atoms with van der Waals surface area (Å²) in [7, 11) is -0.614. The molecule has 4 rings (SSSR count). The number of esters is 1. The predicted molar refractivity (Wildman–Crippen MR) is 123 cm³/mol. The van der Waals surface area contributed by atoms with Crippen molar-refractivity contribution in [2.75, 3.05) is 6.61 Å². The van der Waals surface area contributed by atoms with Crippen LogP contribution in [0.3, 0.4) is 0 Å². The highest BCUT2D eigenvalue weighted by Gasteiger charge is 2.52. The topological polar surface area (TPSA) is 67.1 Å². The van der Waals surface area contributed by atoms with E-state index in [2.05, 4.69) is 0 Å². The zero-order valence-corrected chi connectivity index (χ0v) is 19.6. The number of halogens is 1. The predicted octanol–water partition coefficient (Wildman–Crippen LogP) is 4.56. The number of hydrogen-bond donors (Lipinski definition) is 0. The summed E-state index contributed by atoms with van der Waals surface area (Å²) < 4.78 is 43.6. The average molecular weight is 454 g/mol. The lowest BCUT2D eigenvalue weighted by atomic mass is 9.77. The molecular formula is C25H28BFO6. The second kappa shape index (κ2) is 8.84. The molecule has 33 heavy (non-hydrogen) atoms. The van der Waals surface area contributed by atoms with Gasteiger partial charge in [0.05, 0.1) is 30.5 Å². The van der Waals surface area contributed by atoms with Crippen LogP contribution in [0.15, 0.2) is 47.1 Å². The van der Waals surface area contributed by atoms with Crippen LogP contribution < -0.4 is 10.2 Å². The third-order valence-electron chi connectivity index (χ3n) is 6.22. The summed E-state index contributed by atoms with van der Waals surface area (Å²) in [6, 6.07) is 10.2. The summed E-state index contributed by atoms with van der Waals surface area (Å²) in [6.45, 7) is 10.0. The van der Waals surface area contributed by atoms with Crippen molar-refractivity contribution in [3.63, 3.8) is 0 Å². The fourth-order valence-electron chi connectivity index (χ4n) is 3.78. The van der Waals surface area contributed by atoms with Crippen molar-refractivity contribution in [3.8, 4) is 5.75 Å². The Morgan fingerprint density at radius 3 is 2.52 bits per heavy atom. The fraction of sp³-hybridized carbons (Fsp3) is 0.400. The molecule has 3 aromatic rings. The van der Waals surface area contributed by atoms with Gasteiger partial charge in [0.15, 0.2) is 11.6 Å². The van der Waals surface area contributed by atoms with E-state index < -0.39 is 30.1 Å². The molecule has 0 spiro atoms. The van der Waals surface area contributed by atoms with E-state index >= 15 is 0 Å². The van der Waals surface area contributed by atoms with Crippen molar-refractivity contribution >= 4 is 29.5 Å². The molecule has 1 saturated heterocycles. The van der Waals surface area contributed by atoms with Gasteiger partial charge in [-0.25, -0.2) is 4.39 Å². The maximum absolute atomic E-state index is 14.6. The Kier molecular flexibility index (Phi) is 6.25. The number of benzene rings is 2. The number of para-hydroxylation sites is 1. The van der Waals surface area contributed by atoms with Gasteiger partial charge in [-0.15, -0.1) is 0 Å². The number of rotatable bonds is 7. The lowest BCUT2D eigenvalue weighted by Gasteiger charge is -2.32. The van der Waals surface area contributed by atoms with Gasteiger partial charge in [-0.2, -0.15) is 0 Å². The summed E-state index contributed by atoms with van der Waals surface area (Å²) in [4.78, 5) is 11.9. The van der Waals surface area contributed by atoms with E-state index in [1.165, 1.54) is 6.07 Å².